The zero-order valence-electron chi connectivity index (χ0n) is 19.1. The molecule has 1 atom stereocenters. The summed E-state index contributed by atoms with van der Waals surface area (Å²) in [6.45, 7) is 0. The summed E-state index contributed by atoms with van der Waals surface area (Å²) in [5.41, 5.74) is 2.61. The molecule has 5 rings (SSSR count). The van der Waals surface area contributed by atoms with Gasteiger partial charge in [-0.2, -0.15) is 0 Å². The summed E-state index contributed by atoms with van der Waals surface area (Å²) in [5.74, 6) is 2.49. The third-order valence-corrected chi connectivity index (χ3v) is 5.64. The molecule has 0 aliphatic rings. The lowest BCUT2D eigenvalue weighted by molar-refractivity contribution is 0.394. The number of rotatable bonds is 3. The molecule has 0 saturated heterocycles. The minimum absolute atomic E-state index is 0.218. The van der Waals surface area contributed by atoms with Crippen LogP contribution in [0.25, 0.3) is 22.2 Å². The number of imidazole rings is 1. The third-order valence-electron chi connectivity index (χ3n) is 5.39. The second-order valence-corrected chi connectivity index (χ2v) is 8.21. The number of hydrogen-bond acceptors (Lipinski definition) is 4. The number of halogens is 2. The van der Waals surface area contributed by atoms with E-state index in [0.29, 0.717) is 38.4 Å². The summed E-state index contributed by atoms with van der Waals surface area (Å²) in [6, 6.07) is 14.9. The van der Waals surface area contributed by atoms with Gasteiger partial charge >= 0.3 is 0 Å². The van der Waals surface area contributed by atoms with Crippen molar-refractivity contribution in [2.75, 3.05) is 0 Å². The molecule has 0 bridgehead atoms. The second-order valence-electron chi connectivity index (χ2n) is 7.78. The Morgan fingerprint density at radius 3 is 2.51 bits per heavy atom. The number of alkyl halides is 1. The topological polar surface area (TPSA) is 65.6 Å². The van der Waals surface area contributed by atoms with Gasteiger partial charge in [-0.05, 0) is 35.9 Å². The van der Waals surface area contributed by atoms with Crippen LogP contribution in [-0.4, -0.2) is 24.1 Å². The average Bonchev–Trinajstić information content (AvgIpc) is 3.37. The Bertz CT molecular complexity index is 1570. The van der Waals surface area contributed by atoms with E-state index in [1.807, 2.05) is 17.8 Å². The van der Waals surface area contributed by atoms with Crippen molar-refractivity contribution < 1.29 is 4.39 Å². The molecule has 0 N–H and O–H groups in total. The van der Waals surface area contributed by atoms with Crippen molar-refractivity contribution in [1.82, 2.24) is 24.1 Å². The first-order valence-corrected chi connectivity index (χ1v) is 11.0. The Morgan fingerprint density at radius 1 is 1.11 bits per heavy atom. The lowest BCUT2D eigenvalue weighted by Gasteiger charge is -2.13. The van der Waals surface area contributed by atoms with Gasteiger partial charge in [-0.1, -0.05) is 35.7 Å². The first kappa shape index (κ1) is 23.9. The predicted octanol–water partition coefficient (Wildman–Crippen LogP) is 5.11. The van der Waals surface area contributed by atoms with E-state index in [2.05, 4.69) is 20.9 Å². The molecule has 4 aromatic heterocycles. The molecule has 0 aliphatic heterocycles. The molecule has 4 heterocycles. The molecule has 8 heteroatoms. The maximum atomic E-state index is 15.1. The van der Waals surface area contributed by atoms with Crippen molar-refractivity contribution in [3.8, 4) is 23.6 Å². The largest absolute Gasteiger partial charge is 0.341 e. The second kappa shape index (κ2) is 10.3. The molecule has 0 fully saturated rings. The lowest BCUT2D eigenvalue weighted by atomic mass is 10.0. The minimum atomic E-state index is -1.44. The van der Waals surface area contributed by atoms with Crippen molar-refractivity contribution in [3.63, 3.8) is 0 Å². The fraction of sp³-hybridized carbons (Fsp3) is 0.111. The fourth-order valence-electron chi connectivity index (χ4n) is 3.51. The highest BCUT2D eigenvalue weighted by atomic mass is 35.5. The maximum Gasteiger partial charge on any atom is 0.251 e. The first-order valence-electron chi connectivity index (χ1n) is 10.6. The van der Waals surface area contributed by atoms with Gasteiger partial charge in [0.15, 0.2) is 6.17 Å². The highest BCUT2D eigenvalue weighted by Crippen LogP contribution is 2.31. The Hall–Kier alpha value is -4.28. The Kier molecular flexibility index (Phi) is 7.04. The van der Waals surface area contributed by atoms with Crippen LogP contribution < -0.4 is 5.56 Å². The van der Waals surface area contributed by atoms with E-state index >= 15 is 4.39 Å². The van der Waals surface area contributed by atoms with Crippen LogP contribution in [0, 0.1) is 12.3 Å². The number of terminal acetylenes is 1. The number of aromatic nitrogens is 5. The van der Waals surface area contributed by atoms with Gasteiger partial charge in [0.2, 0.25) is 0 Å². The molecule has 6 nitrogen and oxygen atoms in total. The fourth-order valence-corrected chi connectivity index (χ4v) is 3.63. The Labute approximate surface area is 206 Å². The highest BCUT2D eigenvalue weighted by Gasteiger charge is 2.18. The molecule has 0 aliphatic carbocycles. The molecule has 0 saturated carbocycles. The number of pyridine rings is 3. The highest BCUT2D eigenvalue weighted by molar-refractivity contribution is 6.30. The van der Waals surface area contributed by atoms with E-state index in [4.69, 9.17) is 18.0 Å². The number of nitrogens with zero attached hydrogens (tertiary/aromatic N) is 5. The maximum absolute atomic E-state index is 15.1. The van der Waals surface area contributed by atoms with Gasteiger partial charge < -0.3 is 9.13 Å². The van der Waals surface area contributed by atoms with Crippen molar-refractivity contribution in [3.05, 3.63) is 112 Å². The number of hydrogen-bond donors (Lipinski definition) is 0. The molecule has 174 valence electrons. The standard InChI is InChI=1S/C23H15ClFN3O.C4H6N2/c1-3-16-5-4-6-19(27-16)17-12-22(29)28(2)21-13-26-20(11-18(17)21)23(25)14-7-9-15(24)10-8-14;1-6-3-2-5-4-6/h1,4-13,23H,2H3;2-4H,1H3. The first-order chi connectivity index (χ1) is 16.9. The summed E-state index contributed by atoms with van der Waals surface area (Å²) in [7, 11) is 3.58. The number of benzene rings is 1. The molecule has 0 radical (unpaired) electrons. The van der Waals surface area contributed by atoms with Gasteiger partial charge in [-0.25, -0.2) is 14.4 Å². The van der Waals surface area contributed by atoms with Gasteiger partial charge in [0.25, 0.3) is 5.56 Å². The van der Waals surface area contributed by atoms with Crippen molar-refractivity contribution in [2.24, 2.45) is 14.1 Å². The lowest BCUT2D eigenvalue weighted by Crippen LogP contribution is -2.17. The van der Waals surface area contributed by atoms with E-state index in [1.165, 1.54) is 16.8 Å². The van der Waals surface area contributed by atoms with Crippen LogP contribution in [0.15, 0.2) is 84.3 Å². The predicted molar refractivity (Wildman–Crippen MR) is 136 cm³/mol. The number of fused-ring (bicyclic) bond motifs is 1. The monoisotopic (exact) mass is 485 g/mol. The van der Waals surface area contributed by atoms with Gasteiger partial charge in [0.1, 0.15) is 5.69 Å². The molecule has 1 unspecified atom stereocenters. The molecule has 0 amide bonds. The zero-order chi connectivity index (χ0) is 24.9. The van der Waals surface area contributed by atoms with Gasteiger partial charge in [-0.3, -0.25) is 9.78 Å². The quantitative estimate of drug-likeness (QED) is 0.333. The van der Waals surface area contributed by atoms with Crippen molar-refractivity contribution >= 4 is 22.5 Å². The normalized spacial score (nSPS) is 11.4. The Balaban J connectivity index is 0.000000421. The summed E-state index contributed by atoms with van der Waals surface area (Å²) in [6.07, 6.45) is 10.9. The van der Waals surface area contributed by atoms with Crippen molar-refractivity contribution in [1.29, 1.82) is 0 Å². The van der Waals surface area contributed by atoms with Crippen LogP contribution in [0.3, 0.4) is 0 Å². The molecule has 35 heavy (non-hydrogen) atoms. The van der Waals surface area contributed by atoms with E-state index in [0.717, 1.165) is 0 Å². The van der Waals surface area contributed by atoms with Crippen LogP contribution in [-0.2, 0) is 14.1 Å². The Morgan fingerprint density at radius 2 is 1.89 bits per heavy atom. The smallest absolute Gasteiger partial charge is 0.251 e. The van der Waals surface area contributed by atoms with Crippen LogP contribution in [0.5, 0.6) is 0 Å². The molecule has 0 spiro atoms. The van der Waals surface area contributed by atoms with E-state index in [-0.39, 0.29) is 11.3 Å². The van der Waals surface area contributed by atoms with Crippen LogP contribution in [0.1, 0.15) is 23.1 Å². The summed E-state index contributed by atoms with van der Waals surface area (Å²) >= 11 is 5.89. The van der Waals surface area contributed by atoms with Gasteiger partial charge in [0, 0.05) is 48.5 Å². The van der Waals surface area contributed by atoms with Crippen LogP contribution in [0.2, 0.25) is 5.02 Å². The number of aryl methyl sites for hydroxylation is 2. The molecular formula is C27H21ClFN5O. The van der Waals surface area contributed by atoms with E-state index < -0.39 is 6.17 Å². The van der Waals surface area contributed by atoms with Crippen LogP contribution >= 0.6 is 11.6 Å². The van der Waals surface area contributed by atoms with Crippen molar-refractivity contribution in [2.45, 2.75) is 6.17 Å². The average molecular weight is 486 g/mol. The third kappa shape index (κ3) is 5.29. The SMILES string of the molecule is C#Cc1cccc(-c2cc(=O)n(C)c3cnc(C(F)c4ccc(Cl)cc4)cc23)n1.Cn1ccnc1. The summed E-state index contributed by atoms with van der Waals surface area (Å²) < 4.78 is 18.5. The zero-order valence-corrected chi connectivity index (χ0v) is 19.8. The van der Waals surface area contributed by atoms with E-state index in [1.54, 1.807) is 68.1 Å². The van der Waals surface area contributed by atoms with Crippen LogP contribution in [0.4, 0.5) is 4.39 Å². The van der Waals surface area contributed by atoms with E-state index in [9.17, 15) is 4.79 Å². The van der Waals surface area contributed by atoms with Gasteiger partial charge in [-0.15, -0.1) is 6.42 Å². The molecule has 5 aromatic rings. The molecule has 1 aromatic carbocycles. The molecular weight excluding hydrogens is 465 g/mol. The van der Waals surface area contributed by atoms with Gasteiger partial charge in [0.05, 0.1) is 29.4 Å². The minimum Gasteiger partial charge on any atom is -0.341 e. The summed E-state index contributed by atoms with van der Waals surface area (Å²) in [5, 5.41) is 1.19. The summed E-state index contributed by atoms with van der Waals surface area (Å²) in [4.78, 5) is 24.9.